The van der Waals surface area contributed by atoms with Crippen LogP contribution in [0.15, 0.2) is 18.2 Å². The summed E-state index contributed by atoms with van der Waals surface area (Å²) in [5, 5.41) is 0. The zero-order valence-corrected chi connectivity index (χ0v) is 15.9. The Morgan fingerprint density at radius 2 is 1.15 bits per heavy atom. The van der Waals surface area contributed by atoms with Crippen molar-refractivity contribution in [2.24, 2.45) is 0 Å². The highest BCUT2D eigenvalue weighted by molar-refractivity contribution is 5.43. The summed E-state index contributed by atoms with van der Waals surface area (Å²) in [5.74, 6) is 1.51. The average molecular weight is 368 g/mol. The van der Waals surface area contributed by atoms with Crippen molar-refractivity contribution in [3.05, 3.63) is 23.8 Å². The lowest BCUT2D eigenvalue weighted by atomic mass is 10.1. The van der Waals surface area contributed by atoms with Crippen LogP contribution in [0.25, 0.3) is 0 Å². The van der Waals surface area contributed by atoms with Gasteiger partial charge in [0.1, 0.15) is 13.2 Å². The minimum atomic E-state index is 0.476. The summed E-state index contributed by atoms with van der Waals surface area (Å²) in [6.45, 7) is 7.52. The van der Waals surface area contributed by atoms with Crippen molar-refractivity contribution >= 4 is 0 Å². The van der Waals surface area contributed by atoms with Crippen molar-refractivity contribution in [1.29, 1.82) is 0 Å². The maximum absolute atomic E-state index is 5.90. The lowest BCUT2D eigenvalue weighted by Crippen LogP contribution is -2.16. The van der Waals surface area contributed by atoms with Gasteiger partial charge in [0, 0.05) is 0 Å². The second-order valence-electron chi connectivity index (χ2n) is 6.03. The highest BCUT2D eigenvalue weighted by atomic mass is 16.6. The first-order chi connectivity index (χ1) is 12.9. The fraction of sp³-hybridized carbons (Fsp3) is 0.700. The molecule has 0 N–H and O–H groups in total. The van der Waals surface area contributed by atoms with Gasteiger partial charge in [-0.25, -0.2) is 0 Å². The largest absolute Gasteiger partial charge is 0.487 e. The number of unbranched alkanes of at least 4 members (excludes halogenated alkanes) is 1. The van der Waals surface area contributed by atoms with Crippen molar-refractivity contribution in [3.63, 3.8) is 0 Å². The Kier molecular flexibility index (Phi) is 11.1. The van der Waals surface area contributed by atoms with Crippen LogP contribution in [0.1, 0.15) is 25.3 Å². The van der Waals surface area contributed by atoms with Gasteiger partial charge in [0.15, 0.2) is 11.5 Å². The minimum Gasteiger partial charge on any atom is -0.487 e. The highest BCUT2D eigenvalue weighted by Gasteiger charge is 2.08. The number of hydrogen-bond donors (Lipinski definition) is 0. The summed E-state index contributed by atoms with van der Waals surface area (Å²) in [5.41, 5.74) is 1.26. The Morgan fingerprint density at radius 3 is 1.69 bits per heavy atom. The fourth-order valence-corrected chi connectivity index (χ4v) is 2.50. The third-order valence-electron chi connectivity index (χ3n) is 3.91. The van der Waals surface area contributed by atoms with Gasteiger partial charge >= 0.3 is 0 Å². The van der Waals surface area contributed by atoms with Crippen molar-refractivity contribution in [2.45, 2.75) is 26.2 Å². The summed E-state index contributed by atoms with van der Waals surface area (Å²) in [7, 11) is 0. The summed E-state index contributed by atoms with van der Waals surface area (Å²) in [6.07, 6.45) is 3.38. The molecule has 26 heavy (non-hydrogen) atoms. The zero-order chi connectivity index (χ0) is 18.3. The topological polar surface area (TPSA) is 55.4 Å². The lowest BCUT2D eigenvalue weighted by Gasteiger charge is -2.15. The van der Waals surface area contributed by atoms with Crippen molar-refractivity contribution < 1.29 is 28.4 Å². The second kappa shape index (κ2) is 13.8. The zero-order valence-electron chi connectivity index (χ0n) is 15.9. The molecule has 0 unspecified atom stereocenters. The molecular formula is C20H32O6. The van der Waals surface area contributed by atoms with Gasteiger partial charge in [-0.3, -0.25) is 0 Å². The summed E-state index contributed by atoms with van der Waals surface area (Å²) in [4.78, 5) is 0. The monoisotopic (exact) mass is 368 g/mol. The van der Waals surface area contributed by atoms with Gasteiger partial charge in [0.2, 0.25) is 0 Å². The fourth-order valence-electron chi connectivity index (χ4n) is 2.50. The highest BCUT2D eigenvalue weighted by Crippen LogP contribution is 2.29. The van der Waals surface area contributed by atoms with Gasteiger partial charge in [-0.15, -0.1) is 0 Å². The third kappa shape index (κ3) is 8.85. The predicted octanol–water partition coefficient (Wildman–Crippen LogP) is 2.87. The van der Waals surface area contributed by atoms with E-state index in [1.807, 2.05) is 6.07 Å². The van der Waals surface area contributed by atoms with Crippen LogP contribution >= 0.6 is 0 Å². The molecule has 1 heterocycles. The first-order valence-corrected chi connectivity index (χ1v) is 9.59. The molecule has 0 fully saturated rings. The molecule has 2 rings (SSSR count). The second-order valence-corrected chi connectivity index (χ2v) is 6.03. The van der Waals surface area contributed by atoms with Gasteiger partial charge in [0.05, 0.1) is 52.9 Å². The van der Waals surface area contributed by atoms with Gasteiger partial charge in [-0.05, 0) is 30.5 Å². The maximum atomic E-state index is 5.90. The van der Waals surface area contributed by atoms with Crippen LogP contribution in [-0.4, -0.2) is 66.1 Å². The molecular weight excluding hydrogens is 336 g/mol. The lowest BCUT2D eigenvalue weighted by molar-refractivity contribution is -0.00842. The molecule has 0 spiro atoms. The molecule has 0 atom stereocenters. The smallest absolute Gasteiger partial charge is 0.161 e. The minimum absolute atomic E-state index is 0.476. The Bertz CT molecular complexity index is 479. The maximum Gasteiger partial charge on any atom is 0.161 e. The van der Waals surface area contributed by atoms with E-state index in [2.05, 4.69) is 19.1 Å². The first-order valence-electron chi connectivity index (χ1n) is 9.59. The number of fused-ring (bicyclic) bond motifs is 1. The van der Waals surface area contributed by atoms with E-state index in [0.29, 0.717) is 66.1 Å². The molecule has 0 saturated heterocycles. The molecule has 0 aliphatic carbocycles. The average Bonchev–Trinajstić information content (AvgIpc) is 2.66. The Hall–Kier alpha value is -1.34. The van der Waals surface area contributed by atoms with E-state index in [-0.39, 0.29) is 0 Å². The molecule has 1 aromatic carbocycles. The van der Waals surface area contributed by atoms with E-state index in [1.165, 1.54) is 18.4 Å². The molecule has 6 heteroatoms. The predicted molar refractivity (Wildman–Crippen MR) is 99.3 cm³/mol. The molecule has 1 aliphatic rings. The number of aryl methyl sites for hydroxylation is 1. The number of rotatable bonds is 3. The summed E-state index contributed by atoms with van der Waals surface area (Å²) < 4.78 is 33.7. The molecule has 0 amide bonds. The molecule has 0 aromatic heterocycles. The van der Waals surface area contributed by atoms with E-state index < -0.39 is 0 Å². The van der Waals surface area contributed by atoms with Gasteiger partial charge < -0.3 is 28.4 Å². The Balaban J connectivity index is 1.90. The molecule has 1 aromatic rings. The Morgan fingerprint density at radius 1 is 0.654 bits per heavy atom. The molecule has 1 aliphatic heterocycles. The first kappa shape index (κ1) is 21.0. The van der Waals surface area contributed by atoms with E-state index >= 15 is 0 Å². The van der Waals surface area contributed by atoms with Gasteiger partial charge in [0.25, 0.3) is 0 Å². The molecule has 6 nitrogen and oxygen atoms in total. The van der Waals surface area contributed by atoms with E-state index in [0.717, 1.165) is 17.9 Å². The van der Waals surface area contributed by atoms with Crippen LogP contribution < -0.4 is 9.47 Å². The third-order valence-corrected chi connectivity index (χ3v) is 3.91. The van der Waals surface area contributed by atoms with Crippen LogP contribution in [0, 0.1) is 0 Å². The molecule has 0 bridgehead atoms. The number of ether oxygens (including phenoxy) is 6. The number of benzene rings is 1. The van der Waals surface area contributed by atoms with Crippen LogP contribution in [0.4, 0.5) is 0 Å². The Labute approximate surface area is 156 Å². The van der Waals surface area contributed by atoms with Crippen molar-refractivity contribution in [3.8, 4) is 11.5 Å². The van der Waals surface area contributed by atoms with E-state index in [4.69, 9.17) is 28.4 Å². The van der Waals surface area contributed by atoms with Crippen LogP contribution in [-0.2, 0) is 25.4 Å². The standard InChI is InChI=1S/C20H32O6/c1-2-3-4-18-5-6-19-20(17-18)26-16-14-24-12-10-22-8-7-21-9-11-23-13-15-25-19/h5-6,17H,2-4,7-16H2,1H3. The molecule has 0 saturated carbocycles. The number of hydrogen-bond acceptors (Lipinski definition) is 6. The van der Waals surface area contributed by atoms with Crippen LogP contribution in [0.5, 0.6) is 11.5 Å². The van der Waals surface area contributed by atoms with E-state index in [9.17, 15) is 0 Å². The van der Waals surface area contributed by atoms with E-state index in [1.54, 1.807) is 0 Å². The van der Waals surface area contributed by atoms with Gasteiger partial charge in [-0.1, -0.05) is 19.4 Å². The van der Waals surface area contributed by atoms with Crippen LogP contribution in [0.3, 0.4) is 0 Å². The van der Waals surface area contributed by atoms with Crippen LogP contribution in [0.2, 0.25) is 0 Å². The van der Waals surface area contributed by atoms with Gasteiger partial charge in [-0.2, -0.15) is 0 Å². The van der Waals surface area contributed by atoms with Crippen molar-refractivity contribution in [1.82, 2.24) is 0 Å². The summed E-state index contributed by atoms with van der Waals surface area (Å²) in [6, 6.07) is 6.16. The molecule has 0 radical (unpaired) electrons. The quantitative estimate of drug-likeness (QED) is 0.818. The normalized spacial score (nSPS) is 18.7. The SMILES string of the molecule is CCCCc1ccc2c(c1)OCCOCCOCCOCCOCCO2. The summed E-state index contributed by atoms with van der Waals surface area (Å²) >= 11 is 0. The van der Waals surface area contributed by atoms with Crippen molar-refractivity contribution in [2.75, 3.05) is 66.1 Å². The molecule has 148 valence electrons.